The van der Waals surface area contributed by atoms with E-state index >= 15 is 0 Å². The number of nitrogens with one attached hydrogen (secondary N) is 1. The predicted molar refractivity (Wildman–Crippen MR) is 72.6 cm³/mol. The number of morpholine rings is 1. The second-order valence-corrected chi connectivity index (χ2v) is 4.05. The number of methoxy groups -OCH3 is 1. The molecular weight excluding hydrogens is 246 g/mol. The maximum Gasteiger partial charge on any atom is 0.427 e. The quantitative estimate of drug-likeness (QED) is 0.657. The van der Waals surface area contributed by atoms with Crippen molar-refractivity contribution in [2.45, 2.75) is 0 Å². The Morgan fingerprint density at radius 3 is 2.68 bits per heavy atom. The van der Waals surface area contributed by atoms with Crippen molar-refractivity contribution >= 4 is 18.0 Å². The van der Waals surface area contributed by atoms with Gasteiger partial charge in [0, 0.05) is 18.8 Å². The number of anilines is 1. The maximum atomic E-state index is 10.8. The fraction of sp³-hybridized carbons (Fsp3) is 0.385. The molecular formula is C13H17N3O3. The summed E-state index contributed by atoms with van der Waals surface area (Å²) in [6.45, 7) is 3.37. The Kier molecular flexibility index (Phi) is 4.74. The third-order valence-electron chi connectivity index (χ3n) is 2.82. The molecule has 6 heteroatoms. The molecule has 1 fully saturated rings. The average Bonchev–Trinajstić information content (AvgIpc) is 2.48. The van der Waals surface area contributed by atoms with Gasteiger partial charge in [-0.1, -0.05) is 12.1 Å². The molecule has 2 rings (SSSR count). The molecule has 0 bridgehead atoms. The molecule has 1 amide bonds. The van der Waals surface area contributed by atoms with Crippen LogP contribution in [0.1, 0.15) is 5.56 Å². The summed E-state index contributed by atoms with van der Waals surface area (Å²) < 4.78 is 9.72. The SMILES string of the molecule is COC(=O)N/N=C\c1ccc(N2CCOCC2)cc1. The Morgan fingerprint density at radius 2 is 2.05 bits per heavy atom. The molecule has 6 nitrogen and oxygen atoms in total. The first kappa shape index (κ1) is 13.4. The Labute approximate surface area is 112 Å². The van der Waals surface area contributed by atoms with Crippen molar-refractivity contribution in [3.63, 3.8) is 0 Å². The summed E-state index contributed by atoms with van der Waals surface area (Å²) in [5, 5.41) is 3.77. The van der Waals surface area contributed by atoms with Crippen LogP contribution in [0.2, 0.25) is 0 Å². The van der Waals surface area contributed by atoms with E-state index in [-0.39, 0.29) is 0 Å². The van der Waals surface area contributed by atoms with E-state index in [1.807, 2.05) is 24.3 Å². The van der Waals surface area contributed by atoms with E-state index in [0.29, 0.717) is 0 Å². The van der Waals surface area contributed by atoms with Crippen molar-refractivity contribution in [2.24, 2.45) is 5.10 Å². The lowest BCUT2D eigenvalue weighted by Crippen LogP contribution is -2.36. The van der Waals surface area contributed by atoms with Crippen LogP contribution in [0.25, 0.3) is 0 Å². The van der Waals surface area contributed by atoms with Crippen molar-refractivity contribution in [2.75, 3.05) is 38.3 Å². The number of benzene rings is 1. The molecule has 0 unspecified atom stereocenters. The average molecular weight is 263 g/mol. The van der Waals surface area contributed by atoms with E-state index < -0.39 is 6.09 Å². The predicted octanol–water partition coefficient (Wildman–Crippen LogP) is 1.21. The molecule has 19 heavy (non-hydrogen) atoms. The maximum absolute atomic E-state index is 10.8. The summed E-state index contributed by atoms with van der Waals surface area (Å²) in [5.41, 5.74) is 4.32. The van der Waals surface area contributed by atoms with Gasteiger partial charge in [-0.15, -0.1) is 0 Å². The highest BCUT2D eigenvalue weighted by Crippen LogP contribution is 2.15. The zero-order valence-electron chi connectivity index (χ0n) is 10.8. The fourth-order valence-electron chi connectivity index (χ4n) is 1.80. The summed E-state index contributed by atoms with van der Waals surface area (Å²) in [6, 6.07) is 7.97. The highest BCUT2D eigenvalue weighted by Gasteiger charge is 2.10. The molecule has 1 aliphatic heterocycles. The van der Waals surface area contributed by atoms with Gasteiger partial charge in [0.05, 0.1) is 26.5 Å². The zero-order chi connectivity index (χ0) is 13.5. The molecule has 1 aromatic carbocycles. The van der Waals surface area contributed by atoms with Gasteiger partial charge in [-0.25, -0.2) is 10.2 Å². The summed E-state index contributed by atoms with van der Waals surface area (Å²) in [7, 11) is 1.29. The standard InChI is InChI=1S/C13H17N3O3/c1-18-13(17)15-14-10-11-2-4-12(5-3-11)16-6-8-19-9-7-16/h2-5,10H,6-9H2,1H3,(H,15,17)/b14-10-. The van der Waals surface area contributed by atoms with Crippen LogP contribution in [0.5, 0.6) is 0 Å². The van der Waals surface area contributed by atoms with Crippen molar-refractivity contribution in [1.82, 2.24) is 5.43 Å². The second-order valence-electron chi connectivity index (χ2n) is 4.05. The number of carbonyl (C=O) groups excluding carboxylic acids is 1. The lowest BCUT2D eigenvalue weighted by molar-refractivity contribution is 0.122. The monoisotopic (exact) mass is 263 g/mol. The van der Waals surface area contributed by atoms with Gasteiger partial charge in [0.2, 0.25) is 0 Å². The van der Waals surface area contributed by atoms with Crippen molar-refractivity contribution < 1.29 is 14.3 Å². The van der Waals surface area contributed by atoms with Crippen LogP contribution < -0.4 is 10.3 Å². The Hall–Kier alpha value is -2.08. The minimum Gasteiger partial charge on any atom is -0.452 e. The second kappa shape index (κ2) is 6.75. The van der Waals surface area contributed by atoms with E-state index in [0.717, 1.165) is 31.9 Å². The number of hydrazone groups is 1. The highest BCUT2D eigenvalue weighted by atomic mass is 16.5. The Balaban J connectivity index is 1.92. The van der Waals surface area contributed by atoms with Gasteiger partial charge in [-0.05, 0) is 17.7 Å². The van der Waals surface area contributed by atoms with Crippen LogP contribution in [0, 0.1) is 0 Å². The Bertz CT molecular complexity index is 439. The molecule has 0 radical (unpaired) electrons. The third kappa shape index (κ3) is 3.96. The number of rotatable bonds is 3. The summed E-state index contributed by atoms with van der Waals surface area (Å²) in [4.78, 5) is 13.1. The molecule has 0 aromatic heterocycles. The third-order valence-corrected chi connectivity index (χ3v) is 2.82. The van der Waals surface area contributed by atoms with Crippen molar-refractivity contribution in [3.8, 4) is 0 Å². The van der Waals surface area contributed by atoms with Crippen LogP contribution >= 0.6 is 0 Å². The smallest absolute Gasteiger partial charge is 0.427 e. The molecule has 1 N–H and O–H groups in total. The normalized spacial score (nSPS) is 15.5. The number of ether oxygens (including phenoxy) is 2. The van der Waals surface area contributed by atoms with Crippen LogP contribution in [0.3, 0.4) is 0 Å². The van der Waals surface area contributed by atoms with Crippen molar-refractivity contribution in [3.05, 3.63) is 29.8 Å². The summed E-state index contributed by atoms with van der Waals surface area (Å²) in [6.07, 6.45) is 0.987. The number of nitrogens with zero attached hydrogens (tertiary/aromatic N) is 2. The molecule has 102 valence electrons. The van der Waals surface area contributed by atoms with E-state index in [2.05, 4.69) is 20.2 Å². The number of hydrogen-bond donors (Lipinski definition) is 1. The molecule has 1 saturated heterocycles. The van der Waals surface area contributed by atoms with E-state index in [4.69, 9.17) is 4.74 Å². The fourth-order valence-corrected chi connectivity index (χ4v) is 1.80. The first-order valence-electron chi connectivity index (χ1n) is 6.09. The molecule has 0 spiro atoms. The molecule has 0 atom stereocenters. The molecule has 0 aliphatic carbocycles. The van der Waals surface area contributed by atoms with Gasteiger partial charge < -0.3 is 14.4 Å². The molecule has 0 saturated carbocycles. The number of hydrogen-bond acceptors (Lipinski definition) is 5. The largest absolute Gasteiger partial charge is 0.452 e. The Morgan fingerprint density at radius 1 is 1.37 bits per heavy atom. The number of amides is 1. The minimum absolute atomic E-state index is 0.582. The van der Waals surface area contributed by atoms with Gasteiger partial charge in [0.1, 0.15) is 0 Å². The number of carbonyl (C=O) groups is 1. The van der Waals surface area contributed by atoms with Crippen LogP contribution in [0.15, 0.2) is 29.4 Å². The van der Waals surface area contributed by atoms with Crippen LogP contribution in [-0.2, 0) is 9.47 Å². The molecule has 1 aliphatic rings. The highest BCUT2D eigenvalue weighted by molar-refractivity contribution is 5.81. The topological polar surface area (TPSA) is 63.2 Å². The van der Waals surface area contributed by atoms with E-state index in [1.165, 1.54) is 12.8 Å². The van der Waals surface area contributed by atoms with Gasteiger partial charge in [-0.2, -0.15) is 5.10 Å². The van der Waals surface area contributed by atoms with Gasteiger partial charge in [0.15, 0.2) is 0 Å². The minimum atomic E-state index is -0.582. The van der Waals surface area contributed by atoms with Crippen LogP contribution in [-0.4, -0.2) is 45.7 Å². The molecule has 1 aromatic rings. The van der Waals surface area contributed by atoms with E-state index in [1.54, 1.807) is 6.21 Å². The summed E-state index contributed by atoms with van der Waals surface area (Å²) >= 11 is 0. The first-order valence-corrected chi connectivity index (χ1v) is 6.09. The summed E-state index contributed by atoms with van der Waals surface area (Å²) in [5.74, 6) is 0. The van der Waals surface area contributed by atoms with Crippen molar-refractivity contribution in [1.29, 1.82) is 0 Å². The van der Waals surface area contributed by atoms with Gasteiger partial charge in [-0.3, -0.25) is 0 Å². The lowest BCUT2D eigenvalue weighted by atomic mass is 10.2. The first-order chi connectivity index (χ1) is 9.29. The zero-order valence-corrected chi connectivity index (χ0v) is 10.8. The van der Waals surface area contributed by atoms with E-state index in [9.17, 15) is 4.79 Å². The van der Waals surface area contributed by atoms with Gasteiger partial charge >= 0.3 is 6.09 Å². The van der Waals surface area contributed by atoms with Gasteiger partial charge in [0.25, 0.3) is 0 Å². The molecule has 1 heterocycles. The van der Waals surface area contributed by atoms with Crippen LogP contribution in [0.4, 0.5) is 10.5 Å². The lowest BCUT2D eigenvalue weighted by Gasteiger charge is -2.28.